The van der Waals surface area contributed by atoms with Gasteiger partial charge in [-0.25, -0.2) is 9.36 Å². The topological polar surface area (TPSA) is 93.1 Å². The lowest BCUT2D eigenvalue weighted by Crippen LogP contribution is -2.06. The lowest BCUT2D eigenvalue weighted by atomic mass is 10.3. The number of phosphoric ester groups is 1. The second-order valence-corrected chi connectivity index (χ2v) is 4.19. The molecule has 0 bridgehead atoms. The van der Waals surface area contributed by atoms with E-state index in [1.165, 1.54) is 0 Å². The highest BCUT2D eigenvalue weighted by Gasteiger charge is 2.12. The lowest BCUT2D eigenvalue weighted by Gasteiger charge is -2.05. The molecule has 88 valence electrons. The van der Waals surface area contributed by atoms with Crippen LogP contribution in [0.1, 0.15) is 19.8 Å². The second-order valence-electron chi connectivity index (χ2n) is 2.95. The molecule has 2 N–H and O–H groups in total. The van der Waals surface area contributed by atoms with Gasteiger partial charge >= 0.3 is 13.8 Å². The minimum absolute atomic E-state index is 0.0606. The minimum atomic E-state index is -4.37. The van der Waals surface area contributed by atoms with Crippen LogP contribution in [0.25, 0.3) is 0 Å². The zero-order valence-corrected chi connectivity index (χ0v) is 9.40. The Bertz CT molecular complexity index is 268. The van der Waals surface area contributed by atoms with Gasteiger partial charge in [0, 0.05) is 5.57 Å². The van der Waals surface area contributed by atoms with Crippen molar-refractivity contribution < 1.29 is 28.4 Å². The normalized spacial score (nSPS) is 11.1. The van der Waals surface area contributed by atoms with E-state index in [2.05, 4.69) is 11.1 Å². The number of rotatable bonds is 7. The fraction of sp³-hybridized carbons (Fsp3) is 0.625. The lowest BCUT2D eigenvalue weighted by molar-refractivity contribution is -0.139. The SMILES string of the molecule is C=C(C)C(=O)OCCCCOP(=O)(O)O. The smallest absolute Gasteiger partial charge is 0.462 e. The first kappa shape index (κ1) is 14.3. The van der Waals surface area contributed by atoms with E-state index in [0.29, 0.717) is 18.4 Å². The molecule has 0 saturated carbocycles. The molecular weight excluding hydrogens is 223 g/mol. The monoisotopic (exact) mass is 238 g/mol. The van der Waals surface area contributed by atoms with Gasteiger partial charge in [0.05, 0.1) is 13.2 Å². The van der Waals surface area contributed by atoms with Crippen LogP contribution in [0, 0.1) is 0 Å². The summed E-state index contributed by atoms with van der Waals surface area (Å²) in [5.74, 6) is -0.467. The molecule has 0 aromatic rings. The quantitative estimate of drug-likeness (QED) is 0.297. The first-order valence-corrected chi connectivity index (χ1v) is 5.88. The molecular formula is C8H15O6P. The predicted molar refractivity (Wildman–Crippen MR) is 53.0 cm³/mol. The van der Waals surface area contributed by atoms with E-state index in [-0.39, 0.29) is 13.2 Å². The van der Waals surface area contributed by atoms with Crippen molar-refractivity contribution in [1.29, 1.82) is 0 Å². The fourth-order valence-corrected chi connectivity index (χ4v) is 1.04. The Labute approximate surface area is 88.1 Å². The largest absolute Gasteiger partial charge is 0.469 e. The molecule has 0 amide bonds. The van der Waals surface area contributed by atoms with Crippen molar-refractivity contribution in [2.24, 2.45) is 0 Å². The molecule has 0 aliphatic carbocycles. The highest BCUT2D eigenvalue weighted by atomic mass is 31.2. The van der Waals surface area contributed by atoms with E-state index in [1.807, 2.05) is 0 Å². The van der Waals surface area contributed by atoms with E-state index < -0.39 is 13.8 Å². The summed E-state index contributed by atoms with van der Waals surface area (Å²) in [4.78, 5) is 27.5. The summed E-state index contributed by atoms with van der Waals surface area (Å²) in [5.41, 5.74) is 0.321. The third-order valence-corrected chi connectivity index (χ3v) is 1.90. The van der Waals surface area contributed by atoms with Gasteiger partial charge in [-0.15, -0.1) is 0 Å². The van der Waals surface area contributed by atoms with Gasteiger partial charge in [0.1, 0.15) is 0 Å². The number of esters is 1. The Kier molecular flexibility index (Phi) is 6.43. The van der Waals surface area contributed by atoms with E-state index >= 15 is 0 Å². The number of carbonyl (C=O) groups is 1. The van der Waals surface area contributed by atoms with Crippen LogP contribution in [0.2, 0.25) is 0 Å². The summed E-state index contributed by atoms with van der Waals surface area (Å²) in [7, 11) is -4.37. The minimum Gasteiger partial charge on any atom is -0.462 e. The van der Waals surface area contributed by atoms with Gasteiger partial charge in [0.2, 0.25) is 0 Å². The van der Waals surface area contributed by atoms with Gasteiger partial charge in [0.15, 0.2) is 0 Å². The van der Waals surface area contributed by atoms with E-state index in [4.69, 9.17) is 14.5 Å². The molecule has 15 heavy (non-hydrogen) atoms. The van der Waals surface area contributed by atoms with E-state index in [0.717, 1.165) is 0 Å². The summed E-state index contributed by atoms with van der Waals surface area (Å²) >= 11 is 0. The average molecular weight is 238 g/mol. The number of ether oxygens (including phenoxy) is 1. The second kappa shape index (κ2) is 6.74. The molecule has 0 atom stereocenters. The highest BCUT2D eigenvalue weighted by molar-refractivity contribution is 7.46. The van der Waals surface area contributed by atoms with Crippen molar-refractivity contribution in [2.75, 3.05) is 13.2 Å². The Balaban J connectivity index is 3.37. The zero-order chi connectivity index (χ0) is 11.9. The summed E-state index contributed by atoms with van der Waals surface area (Å²) in [6.07, 6.45) is 0.896. The van der Waals surface area contributed by atoms with Crippen molar-refractivity contribution in [3.63, 3.8) is 0 Å². The summed E-state index contributed by atoms with van der Waals surface area (Å²) in [6.45, 7) is 5.07. The molecule has 7 heteroatoms. The summed E-state index contributed by atoms with van der Waals surface area (Å²) in [6, 6.07) is 0. The molecule has 0 heterocycles. The van der Waals surface area contributed by atoms with Crippen LogP contribution in [0.5, 0.6) is 0 Å². The van der Waals surface area contributed by atoms with Crippen molar-refractivity contribution in [2.45, 2.75) is 19.8 Å². The average Bonchev–Trinajstić information content (AvgIpc) is 2.08. The molecule has 0 unspecified atom stereocenters. The zero-order valence-electron chi connectivity index (χ0n) is 8.51. The Morgan fingerprint density at radius 3 is 2.33 bits per heavy atom. The van der Waals surface area contributed by atoms with Crippen LogP contribution in [-0.4, -0.2) is 29.0 Å². The number of hydrogen-bond donors (Lipinski definition) is 2. The maximum Gasteiger partial charge on any atom is 0.469 e. The van der Waals surface area contributed by atoms with Crippen LogP contribution in [0.15, 0.2) is 12.2 Å². The Morgan fingerprint density at radius 1 is 1.33 bits per heavy atom. The predicted octanol–water partition coefficient (Wildman–Crippen LogP) is 0.995. The van der Waals surface area contributed by atoms with Gasteiger partial charge in [-0.2, -0.15) is 0 Å². The van der Waals surface area contributed by atoms with Gasteiger partial charge in [-0.05, 0) is 19.8 Å². The number of phosphoric acid groups is 1. The number of carbonyl (C=O) groups excluding carboxylic acids is 1. The molecule has 6 nitrogen and oxygen atoms in total. The first-order chi connectivity index (χ1) is 6.83. The maximum atomic E-state index is 10.9. The molecule has 0 aliphatic rings. The van der Waals surface area contributed by atoms with Crippen LogP contribution in [-0.2, 0) is 18.6 Å². The van der Waals surface area contributed by atoms with Crippen molar-refractivity contribution in [3.05, 3.63) is 12.2 Å². The van der Waals surface area contributed by atoms with Gasteiger partial charge in [-0.3, -0.25) is 4.52 Å². The van der Waals surface area contributed by atoms with Crippen molar-refractivity contribution in [3.8, 4) is 0 Å². The first-order valence-electron chi connectivity index (χ1n) is 4.35. The van der Waals surface area contributed by atoms with Crippen LogP contribution in [0.4, 0.5) is 0 Å². The molecule has 0 rings (SSSR count). The van der Waals surface area contributed by atoms with Crippen LogP contribution >= 0.6 is 7.82 Å². The molecule has 0 radical (unpaired) electrons. The van der Waals surface area contributed by atoms with Crippen LogP contribution < -0.4 is 0 Å². The van der Waals surface area contributed by atoms with Crippen molar-refractivity contribution >= 4 is 13.8 Å². The standard InChI is InChI=1S/C8H15O6P/c1-7(2)8(9)13-5-3-4-6-14-15(10,11)12/h1,3-6H2,2H3,(H2,10,11,12). The molecule has 0 saturated heterocycles. The van der Waals surface area contributed by atoms with Gasteiger partial charge in [-0.1, -0.05) is 6.58 Å². The third-order valence-electron chi connectivity index (χ3n) is 1.38. The molecule has 0 aromatic carbocycles. The number of hydrogen-bond acceptors (Lipinski definition) is 4. The molecule has 0 aromatic heterocycles. The Morgan fingerprint density at radius 2 is 1.87 bits per heavy atom. The Hall–Kier alpha value is -0.680. The summed E-state index contributed by atoms with van der Waals surface area (Å²) in [5, 5.41) is 0. The van der Waals surface area contributed by atoms with E-state index in [9.17, 15) is 9.36 Å². The van der Waals surface area contributed by atoms with Crippen molar-refractivity contribution in [1.82, 2.24) is 0 Å². The molecule has 0 fully saturated rings. The fourth-order valence-electron chi connectivity index (χ4n) is 0.676. The molecule has 0 spiro atoms. The molecule has 0 aliphatic heterocycles. The summed E-state index contributed by atoms with van der Waals surface area (Å²) < 4.78 is 19.2. The van der Waals surface area contributed by atoms with Gasteiger partial charge in [0.25, 0.3) is 0 Å². The van der Waals surface area contributed by atoms with Gasteiger partial charge < -0.3 is 14.5 Å². The number of unbranched alkanes of at least 4 members (excludes halogenated alkanes) is 1. The van der Waals surface area contributed by atoms with Crippen LogP contribution in [0.3, 0.4) is 0 Å². The maximum absolute atomic E-state index is 10.9. The van der Waals surface area contributed by atoms with E-state index in [1.54, 1.807) is 6.92 Å². The highest BCUT2D eigenvalue weighted by Crippen LogP contribution is 2.35. The third kappa shape index (κ3) is 9.62.